The van der Waals surface area contributed by atoms with Crippen molar-refractivity contribution in [2.24, 2.45) is 5.11 Å². The maximum absolute atomic E-state index is 11.7. The highest BCUT2D eigenvalue weighted by atomic mass is 16.5. The molecule has 0 saturated carbocycles. The summed E-state index contributed by atoms with van der Waals surface area (Å²) in [6.07, 6.45) is 0.595. The molecule has 1 aliphatic heterocycles. The molecule has 0 aromatic carbocycles. The molecule has 3 atom stereocenters. The van der Waals surface area contributed by atoms with Gasteiger partial charge in [0.1, 0.15) is 6.23 Å². The first-order valence-electron chi connectivity index (χ1n) is 6.17. The molecule has 11 nitrogen and oxygen atoms in total. The van der Waals surface area contributed by atoms with Crippen LogP contribution in [0.3, 0.4) is 0 Å². The van der Waals surface area contributed by atoms with E-state index in [9.17, 15) is 9.90 Å². The van der Waals surface area contributed by atoms with E-state index in [0.29, 0.717) is 6.42 Å². The lowest BCUT2D eigenvalue weighted by Crippen LogP contribution is -2.23. The number of imidazole rings is 1. The van der Waals surface area contributed by atoms with Crippen LogP contribution in [-0.4, -0.2) is 43.4 Å². The third-order valence-electron chi connectivity index (χ3n) is 3.34. The number of nitrogens with two attached hydrogens (primary N) is 1. The minimum Gasteiger partial charge on any atom is -0.394 e. The fourth-order valence-electron chi connectivity index (χ4n) is 2.39. The van der Waals surface area contributed by atoms with E-state index in [2.05, 4.69) is 25.0 Å². The van der Waals surface area contributed by atoms with Crippen molar-refractivity contribution >= 4 is 17.1 Å². The van der Waals surface area contributed by atoms with E-state index in [-0.39, 0.29) is 23.7 Å². The van der Waals surface area contributed by atoms with Crippen LogP contribution < -0.4 is 11.3 Å². The van der Waals surface area contributed by atoms with Gasteiger partial charge in [0, 0.05) is 11.3 Å². The van der Waals surface area contributed by atoms with Crippen molar-refractivity contribution in [2.75, 3.05) is 12.3 Å². The smallest absolute Gasteiger partial charge is 0.280 e. The van der Waals surface area contributed by atoms with Gasteiger partial charge < -0.3 is 15.6 Å². The van der Waals surface area contributed by atoms with Crippen LogP contribution in [0.15, 0.2) is 16.2 Å². The van der Waals surface area contributed by atoms with Crippen LogP contribution >= 0.6 is 0 Å². The summed E-state index contributed by atoms with van der Waals surface area (Å²) in [5, 5.41) is 12.9. The number of aromatic amines is 1. The zero-order chi connectivity index (χ0) is 15.0. The van der Waals surface area contributed by atoms with Gasteiger partial charge in [0.2, 0.25) is 5.95 Å². The summed E-state index contributed by atoms with van der Waals surface area (Å²) < 4.78 is 7.16. The molecule has 0 spiro atoms. The third kappa shape index (κ3) is 2.18. The summed E-state index contributed by atoms with van der Waals surface area (Å²) in [5.41, 5.74) is 14.0. The van der Waals surface area contributed by atoms with E-state index < -0.39 is 23.9 Å². The van der Waals surface area contributed by atoms with Crippen molar-refractivity contribution in [1.82, 2.24) is 19.5 Å². The fraction of sp³-hybridized carbons (Fsp3) is 0.500. The second-order valence-electron chi connectivity index (χ2n) is 4.59. The molecule has 2 aromatic heterocycles. The molecule has 21 heavy (non-hydrogen) atoms. The topological polar surface area (TPSA) is 168 Å². The number of aliphatic hydroxyl groups is 1. The molecule has 1 aliphatic rings. The monoisotopic (exact) mass is 292 g/mol. The number of azide groups is 1. The quantitative estimate of drug-likeness (QED) is 0.397. The van der Waals surface area contributed by atoms with Gasteiger partial charge >= 0.3 is 0 Å². The molecule has 0 bridgehead atoms. The summed E-state index contributed by atoms with van der Waals surface area (Å²) in [7, 11) is 0. The lowest BCUT2D eigenvalue weighted by molar-refractivity contribution is -0.0232. The highest BCUT2D eigenvalue weighted by molar-refractivity contribution is 5.70. The van der Waals surface area contributed by atoms with Gasteiger partial charge in [0.25, 0.3) is 5.56 Å². The van der Waals surface area contributed by atoms with Gasteiger partial charge in [-0.05, 0) is 5.53 Å². The van der Waals surface area contributed by atoms with Gasteiger partial charge in [0.15, 0.2) is 11.2 Å². The summed E-state index contributed by atoms with van der Waals surface area (Å²) in [4.78, 5) is 24.8. The van der Waals surface area contributed by atoms with Crippen LogP contribution in [0.2, 0.25) is 0 Å². The number of nitrogens with one attached hydrogen (secondary N) is 1. The van der Waals surface area contributed by atoms with Crippen molar-refractivity contribution < 1.29 is 9.84 Å². The number of nitrogen functional groups attached to an aromatic ring is 1. The average Bonchev–Trinajstić information content (AvgIpc) is 3.02. The van der Waals surface area contributed by atoms with E-state index in [4.69, 9.17) is 16.0 Å². The summed E-state index contributed by atoms with van der Waals surface area (Å²) >= 11 is 0. The first kappa shape index (κ1) is 13.4. The van der Waals surface area contributed by atoms with Crippen LogP contribution in [0.5, 0.6) is 0 Å². The van der Waals surface area contributed by atoms with Crippen LogP contribution in [-0.2, 0) is 4.74 Å². The minimum atomic E-state index is -0.609. The molecular weight excluding hydrogens is 280 g/mol. The number of anilines is 1. The highest BCUT2D eigenvalue weighted by Gasteiger charge is 2.36. The molecule has 0 aliphatic carbocycles. The predicted octanol–water partition coefficient (Wildman–Crippen LogP) is -0.340. The molecule has 110 valence electrons. The Morgan fingerprint density at radius 3 is 3.24 bits per heavy atom. The van der Waals surface area contributed by atoms with Gasteiger partial charge in [-0.15, -0.1) is 0 Å². The summed E-state index contributed by atoms with van der Waals surface area (Å²) in [5.74, 6) is -0.0300. The first-order valence-corrected chi connectivity index (χ1v) is 6.17. The van der Waals surface area contributed by atoms with E-state index in [1.807, 2.05) is 0 Å². The number of hydrogen-bond donors (Lipinski definition) is 3. The maximum Gasteiger partial charge on any atom is 0.280 e. The van der Waals surface area contributed by atoms with Crippen molar-refractivity contribution in [3.8, 4) is 0 Å². The Morgan fingerprint density at radius 2 is 2.52 bits per heavy atom. The van der Waals surface area contributed by atoms with Crippen molar-refractivity contribution in [2.45, 2.75) is 24.8 Å². The normalized spacial score (nSPS) is 25.1. The maximum atomic E-state index is 11.7. The largest absolute Gasteiger partial charge is 0.394 e. The molecule has 3 heterocycles. The minimum absolute atomic E-state index is 0.0300. The predicted molar refractivity (Wildman–Crippen MR) is 71.1 cm³/mol. The number of H-pyrrole nitrogens is 1. The second-order valence-corrected chi connectivity index (χ2v) is 4.59. The standard InChI is InChI=1S/C10H12N8O3/c11-10-14-8-7(9(20)15-10)13-3-18(8)6-1-4(16-17-12)5(2-19)21-6/h3-6,19H,1-2H2,(H3,11,14,15,20)/t4?,5-,6-/m0/s1. The first-order chi connectivity index (χ1) is 10.1. The molecule has 2 aromatic rings. The fourth-order valence-corrected chi connectivity index (χ4v) is 2.39. The van der Waals surface area contributed by atoms with E-state index >= 15 is 0 Å². The Balaban J connectivity index is 2.02. The molecule has 11 heteroatoms. The number of ether oxygens (including phenoxy) is 1. The van der Waals surface area contributed by atoms with E-state index in [0.717, 1.165) is 0 Å². The highest BCUT2D eigenvalue weighted by Crippen LogP contribution is 2.32. The average molecular weight is 292 g/mol. The van der Waals surface area contributed by atoms with Crippen molar-refractivity contribution in [3.05, 3.63) is 27.1 Å². The van der Waals surface area contributed by atoms with Crippen LogP contribution in [0.1, 0.15) is 12.6 Å². The van der Waals surface area contributed by atoms with Gasteiger partial charge in [-0.2, -0.15) is 4.98 Å². The zero-order valence-electron chi connectivity index (χ0n) is 10.7. The van der Waals surface area contributed by atoms with Gasteiger partial charge in [-0.1, -0.05) is 5.11 Å². The molecule has 1 saturated heterocycles. The molecule has 3 rings (SSSR count). The molecular formula is C10H12N8O3. The summed E-state index contributed by atoms with van der Waals surface area (Å²) in [6.45, 7) is -0.275. The number of fused-ring (bicyclic) bond motifs is 1. The zero-order valence-corrected chi connectivity index (χ0v) is 10.7. The molecule has 0 amide bonds. The Kier molecular flexibility index (Phi) is 3.22. The number of aliphatic hydroxyl groups excluding tert-OH is 1. The molecule has 1 unspecified atom stereocenters. The van der Waals surface area contributed by atoms with Gasteiger partial charge in [0.05, 0.1) is 25.1 Å². The second kappa shape index (κ2) is 5.05. The van der Waals surface area contributed by atoms with Gasteiger partial charge in [-0.25, -0.2) is 4.98 Å². The lowest BCUT2D eigenvalue weighted by atomic mass is 10.1. The SMILES string of the molecule is [N-]=[N+]=NC1C[C@@H](n2cnc3c(=O)[nH]c(N)nc32)O[C@H]1CO. The van der Waals surface area contributed by atoms with Crippen molar-refractivity contribution in [3.63, 3.8) is 0 Å². The Bertz CT molecular complexity index is 776. The molecule has 1 fully saturated rings. The molecule has 4 N–H and O–H groups in total. The Hall–Kier alpha value is -2.62. The van der Waals surface area contributed by atoms with Crippen LogP contribution in [0.25, 0.3) is 21.6 Å². The lowest BCUT2D eigenvalue weighted by Gasteiger charge is -2.13. The molecule has 0 radical (unpaired) electrons. The Labute approximate surface area is 117 Å². The number of rotatable bonds is 3. The number of nitrogens with zero attached hydrogens (tertiary/aromatic N) is 6. The summed E-state index contributed by atoms with van der Waals surface area (Å²) in [6, 6.07) is -0.498. The van der Waals surface area contributed by atoms with E-state index in [1.54, 1.807) is 0 Å². The van der Waals surface area contributed by atoms with Crippen molar-refractivity contribution in [1.29, 1.82) is 0 Å². The van der Waals surface area contributed by atoms with Crippen LogP contribution in [0, 0.1) is 0 Å². The van der Waals surface area contributed by atoms with Gasteiger partial charge in [-0.3, -0.25) is 14.3 Å². The number of hydrogen-bond acceptors (Lipinski definition) is 7. The Morgan fingerprint density at radius 1 is 1.71 bits per heavy atom. The number of aromatic nitrogens is 4. The van der Waals surface area contributed by atoms with E-state index in [1.165, 1.54) is 10.9 Å². The van der Waals surface area contributed by atoms with Crippen LogP contribution in [0.4, 0.5) is 5.95 Å². The third-order valence-corrected chi connectivity index (χ3v) is 3.34.